The molecule has 0 aromatic carbocycles. The van der Waals surface area contributed by atoms with Crippen LogP contribution in [0.2, 0.25) is 0 Å². The molecule has 1 N–H and O–H groups in total. The van der Waals surface area contributed by atoms with Crippen LogP contribution < -0.4 is 0 Å². The van der Waals surface area contributed by atoms with Gasteiger partial charge in [-0.2, -0.15) is 0 Å². The Morgan fingerprint density at radius 3 is 3.08 bits per heavy atom. The standard InChI is InChI=1S/C9H15NO3/c1-13-9(11)6-7-4-2-3-5-8(7)10-12/h7,12H,2-6H2,1H3/b10-8+/t7-/m0/s1. The van der Waals surface area contributed by atoms with Gasteiger partial charge in [-0.25, -0.2) is 0 Å². The summed E-state index contributed by atoms with van der Waals surface area (Å²) in [5.41, 5.74) is 0.747. The SMILES string of the molecule is COC(=O)C[C@@H]1CCCC/C1=N\O. The number of carbonyl (C=O) groups excluding carboxylic acids is 1. The maximum absolute atomic E-state index is 11.0. The monoisotopic (exact) mass is 185 g/mol. The molecule has 74 valence electrons. The lowest BCUT2D eigenvalue weighted by atomic mass is 9.85. The highest BCUT2D eigenvalue weighted by Crippen LogP contribution is 2.24. The lowest BCUT2D eigenvalue weighted by Gasteiger charge is -2.21. The van der Waals surface area contributed by atoms with E-state index in [9.17, 15) is 4.79 Å². The Bertz CT molecular complexity index is 213. The number of carbonyl (C=O) groups is 1. The van der Waals surface area contributed by atoms with Crippen LogP contribution in [0, 0.1) is 5.92 Å². The normalized spacial score (nSPS) is 25.9. The van der Waals surface area contributed by atoms with Gasteiger partial charge in [-0.1, -0.05) is 11.6 Å². The fourth-order valence-electron chi connectivity index (χ4n) is 1.70. The van der Waals surface area contributed by atoms with Gasteiger partial charge in [-0.05, 0) is 19.3 Å². The van der Waals surface area contributed by atoms with Crippen LogP contribution in [0.15, 0.2) is 5.16 Å². The first-order valence-corrected chi connectivity index (χ1v) is 4.55. The summed E-state index contributed by atoms with van der Waals surface area (Å²) in [6.45, 7) is 0. The average Bonchev–Trinajstić information content (AvgIpc) is 2.18. The summed E-state index contributed by atoms with van der Waals surface area (Å²) >= 11 is 0. The fourth-order valence-corrected chi connectivity index (χ4v) is 1.70. The maximum atomic E-state index is 11.0. The van der Waals surface area contributed by atoms with Gasteiger partial charge in [0.2, 0.25) is 0 Å². The molecule has 0 heterocycles. The number of nitrogens with zero attached hydrogens (tertiary/aromatic N) is 1. The molecule has 1 rings (SSSR count). The van der Waals surface area contributed by atoms with E-state index in [0.29, 0.717) is 6.42 Å². The minimum atomic E-state index is -0.229. The van der Waals surface area contributed by atoms with E-state index in [1.807, 2.05) is 0 Å². The van der Waals surface area contributed by atoms with Crippen molar-refractivity contribution in [3.63, 3.8) is 0 Å². The number of esters is 1. The zero-order valence-corrected chi connectivity index (χ0v) is 7.82. The highest BCUT2D eigenvalue weighted by Gasteiger charge is 2.23. The van der Waals surface area contributed by atoms with Crippen LogP contribution in [0.4, 0.5) is 0 Å². The van der Waals surface area contributed by atoms with Gasteiger partial charge in [0.25, 0.3) is 0 Å². The number of ether oxygens (including phenoxy) is 1. The third-order valence-corrected chi connectivity index (χ3v) is 2.48. The second kappa shape index (κ2) is 4.84. The smallest absolute Gasteiger partial charge is 0.306 e. The van der Waals surface area contributed by atoms with E-state index in [1.54, 1.807) is 0 Å². The van der Waals surface area contributed by atoms with Gasteiger partial charge in [0.05, 0.1) is 19.2 Å². The molecule has 0 radical (unpaired) electrons. The van der Waals surface area contributed by atoms with Crippen molar-refractivity contribution < 1.29 is 14.7 Å². The predicted octanol–water partition coefficient (Wildman–Crippen LogP) is 1.57. The largest absolute Gasteiger partial charge is 0.469 e. The first-order valence-electron chi connectivity index (χ1n) is 4.55. The molecule has 1 aliphatic carbocycles. The minimum absolute atomic E-state index is 0.0891. The summed E-state index contributed by atoms with van der Waals surface area (Å²) in [6.07, 6.45) is 4.22. The number of oxime groups is 1. The van der Waals surface area contributed by atoms with Crippen LogP contribution >= 0.6 is 0 Å². The maximum Gasteiger partial charge on any atom is 0.306 e. The Hall–Kier alpha value is -1.06. The Morgan fingerprint density at radius 1 is 1.69 bits per heavy atom. The van der Waals surface area contributed by atoms with Gasteiger partial charge in [0.15, 0.2) is 0 Å². The molecule has 1 aliphatic rings. The molecule has 0 aromatic rings. The molecule has 0 bridgehead atoms. The molecule has 0 unspecified atom stereocenters. The molecule has 0 amide bonds. The van der Waals surface area contributed by atoms with Crippen LogP contribution in [-0.2, 0) is 9.53 Å². The van der Waals surface area contributed by atoms with Crippen LogP contribution in [0.3, 0.4) is 0 Å². The first kappa shape index (κ1) is 10.0. The van der Waals surface area contributed by atoms with Gasteiger partial charge < -0.3 is 9.94 Å². The van der Waals surface area contributed by atoms with Gasteiger partial charge in [-0.3, -0.25) is 4.79 Å². The van der Waals surface area contributed by atoms with E-state index in [1.165, 1.54) is 7.11 Å². The van der Waals surface area contributed by atoms with Crippen molar-refractivity contribution in [2.75, 3.05) is 7.11 Å². The minimum Gasteiger partial charge on any atom is -0.469 e. The molecule has 1 saturated carbocycles. The highest BCUT2D eigenvalue weighted by atomic mass is 16.5. The fraction of sp³-hybridized carbons (Fsp3) is 0.778. The molecule has 13 heavy (non-hydrogen) atoms. The second-order valence-corrected chi connectivity index (χ2v) is 3.31. The third-order valence-electron chi connectivity index (χ3n) is 2.48. The quantitative estimate of drug-likeness (QED) is 0.403. The Kier molecular flexibility index (Phi) is 3.73. The van der Waals surface area contributed by atoms with E-state index in [2.05, 4.69) is 9.89 Å². The lowest BCUT2D eigenvalue weighted by Crippen LogP contribution is -2.22. The number of methoxy groups -OCH3 is 1. The molecule has 4 heteroatoms. The molecule has 0 saturated heterocycles. The van der Waals surface area contributed by atoms with Crippen LogP contribution in [-0.4, -0.2) is 24.0 Å². The van der Waals surface area contributed by atoms with Crippen molar-refractivity contribution in [2.24, 2.45) is 11.1 Å². The zero-order valence-electron chi connectivity index (χ0n) is 7.82. The van der Waals surface area contributed by atoms with Gasteiger partial charge in [0.1, 0.15) is 0 Å². The molecular formula is C9H15NO3. The Morgan fingerprint density at radius 2 is 2.46 bits per heavy atom. The van der Waals surface area contributed by atoms with Gasteiger partial charge >= 0.3 is 5.97 Å². The third kappa shape index (κ3) is 2.72. The van der Waals surface area contributed by atoms with Crippen molar-refractivity contribution in [1.82, 2.24) is 0 Å². The van der Waals surface area contributed by atoms with Crippen molar-refractivity contribution in [2.45, 2.75) is 32.1 Å². The summed E-state index contributed by atoms with van der Waals surface area (Å²) in [6, 6.07) is 0. The summed E-state index contributed by atoms with van der Waals surface area (Å²) < 4.78 is 4.57. The van der Waals surface area contributed by atoms with Gasteiger partial charge in [-0.15, -0.1) is 0 Å². The molecular weight excluding hydrogens is 170 g/mol. The average molecular weight is 185 g/mol. The predicted molar refractivity (Wildman–Crippen MR) is 47.8 cm³/mol. The molecule has 0 spiro atoms. The van der Waals surface area contributed by atoms with E-state index >= 15 is 0 Å². The van der Waals surface area contributed by atoms with Crippen molar-refractivity contribution in [1.29, 1.82) is 0 Å². The summed E-state index contributed by atoms with van der Waals surface area (Å²) in [4.78, 5) is 11.0. The topological polar surface area (TPSA) is 58.9 Å². The summed E-state index contributed by atoms with van der Waals surface area (Å²) in [7, 11) is 1.38. The first-order chi connectivity index (χ1) is 6.27. The van der Waals surface area contributed by atoms with E-state index in [0.717, 1.165) is 31.4 Å². The van der Waals surface area contributed by atoms with Crippen molar-refractivity contribution >= 4 is 11.7 Å². The summed E-state index contributed by atoms with van der Waals surface area (Å²) in [5, 5.41) is 11.9. The molecule has 1 fully saturated rings. The highest BCUT2D eigenvalue weighted by molar-refractivity contribution is 5.89. The van der Waals surface area contributed by atoms with E-state index in [-0.39, 0.29) is 11.9 Å². The van der Waals surface area contributed by atoms with Crippen molar-refractivity contribution in [3.05, 3.63) is 0 Å². The van der Waals surface area contributed by atoms with E-state index < -0.39 is 0 Å². The Balaban J connectivity index is 2.50. The lowest BCUT2D eigenvalue weighted by molar-refractivity contribution is -0.141. The van der Waals surface area contributed by atoms with Crippen LogP contribution in [0.25, 0.3) is 0 Å². The number of rotatable bonds is 2. The number of hydrogen-bond donors (Lipinski definition) is 1. The molecule has 4 nitrogen and oxygen atoms in total. The molecule has 1 atom stereocenters. The van der Waals surface area contributed by atoms with E-state index in [4.69, 9.17) is 5.21 Å². The Labute approximate surface area is 77.6 Å². The van der Waals surface area contributed by atoms with Crippen molar-refractivity contribution in [3.8, 4) is 0 Å². The molecule has 0 aromatic heterocycles. The second-order valence-electron chi connectivity index (χ2n) is 3.31. The number of hydrogen-bond acceptors (Lipinski definition) is 4. The van der Waals surface area contributed by atoms with Crippen LogP contribution in [0.5, 0.6) is 0 Å². The van der Waals surface area contributed by atoms with Gasteiger partial charge in [0, 0.05) is 5.92 Å². The molecule has 0 aliphatic heterocycles. The van der Waals surface area contributed by atoms with Crippen LogP contribution in [0.1, 0.15) is 32.1 Å². The zero-order chi connectivity index (χ0) is 9.68. The summed E-state index contributed by atoms with van der Waals surface area (Å²) in [5.74, 6) is -0.140.